The highest BCUT2D eigenvalue weighted by molar-refractivity contribution is 7.89. The molecule has 0 bridgehead atoms. The Labute approximate surface area is 221 Å². The maximum atomic E-state index is 13.7. The molecule has 1 amide bonds. The molecule has 2 heterocycles. The highest BCUT2D eigenvalue weighted by Crippen LogP contribution is 2.31. The SMILES string of the molecule is CCN(C1CCCCC1)S(=O)(=O)c1ccc(C(=O)N(Cc2ccncc2)c2nc3ccccc3s2)cc1. The van der Waals surface area contributed by atoms with Gasteiger partial charge in [-0.05, 0) is 66.9 Å². The Kier molecular flexibility index (Phi) is 7.64. The number of benzene rings is 2. The largest absolute Gasteiger partial charge is 0.279 e. The van der Waals surface area contributed by atoms with E-state index in [1.807, 2.05) is 43.3 Å². The lowest BCUT2D eigenvalue weighted by molar-refractivity contribution is 0.0985. The van der Waals surface area contributed by atoms with Crippen molar-refractivity contribution in [1.82, 2.24) is 14.3 Å². The standard InChI is InChI=1S/C28H30N4O3S2/c1-2-32(23-8-4-3-5-9-23)37(34,35)24-14-12-22(13-15-24)27(33)31(20-21-16-18-29-19-17-21)28-30-25-10-6-7-11-26(25)36-28/h6-7,10-19,23H,2-5,8-9,20H2,1H3. The number of pyridine rings is 1. The van der Waals surface area contributed by atoms with Crippen LogP contribution in [0.5, 0.6) is 0 Å². The molecule has 2 aromatic heterocycles. The van der Waals surface area contributed by atoms with Crippen LogP contribution in [0.25, 0.3) is 10.2 Å². The average Bonchev–Trinajstić information content (AvgIpc) is 3.37. The van der Waals surface area contributed by atoms with Crippen molar-refractivity contribution in [3.8, 4) is 0 Å². The number of rotatable bonds is 8. The summed E-state index contributed by atoms with van der Waals surface area (Å²) in [5, 5.41) is 0.592. The predicted octanol–water partition coefficient (Wildman–Crippen LogP) is 5.88. The fourth-order valence-electron chi connectivity index (χ4n) is 4.93. The molecule has 0 atom stereocenters. The van der Waals surface area contributed by atoms with Gasteiger partial charge < -0.3 is 0 Å². The van der Waals surface area contributed by atoms with Crippen LogP contribution in [0.2, 0.25) is 0 Å². The van der Waals surface area contributed by atoms with Crippen molar-refractivity contribution < 1.29 is 13.2 Å². The van der Waals surface area contributed by atoms with E-state index in [0.717, 1.165) is 47.9 Å². The normalized spacial score (nSPS) is 14.8. The molecule has 2 aromatic carbocycles. The van der Waals surface area contributed by atoms with Gasteiger partial charge in [0.2, 0.25) is 10.0 Å². The number of para-hydroxylation sites is 1. The van der Waals surface area contributed by atoms with Gasteiger partial charge in [-0.2, -0.15) is 4.31 Å². The van der Waals surface area contributed by atoms with Crippen LogP contribution in [0, 0.1) is 0 Å². The molecule has 1 aliphatic carbocycles. The van der Waals surface area contributed by atoms with Crippen LogP contribution >= 0.6 is 11.3 Å². The highest BCUT2D eigenvalue weighted by atomic mass is 32.2. The van der Waals surface area contributed by atoms with Crippen molar-refractivity contribution in [1.29, 1.82) is 0 Å². The summed E-state index contributed by atoms with van der Waals surface area (Å²) in [4.78, 5) is 24.4. The Bertz CT molecular complexity index is 1430. The lowest BCUT2D eigenvalue weighted by Gasteiger charge is -2.32. The highest BCUT2D eigenvalue weighted by Gasteiger charge is 2.31. The maximum Gasteiger partial charge on any atom is 0.260 e. The van der Waals surface area contributed by atoms with Crippen molar-refractivity contribution in [3.05, 3.63) is 84.2 Å². The van der Waals surface area contributed by atoms with Crippen molar-refractivity contribution in [2.75, 3.05) is 11.4 Å². The first-order valence-electron chi connectivity index (χ1n) is 12.7. The van der Waals surface area contributed by atoms with E-state index < -0.39 is 10.0 Å². The van der Waals surface area contributed by atoms with Gasteiger partial charge in [-0.25, -0.2) is 13.4 Å². The molecular weight excluding hydrogens is 504 g/mol. The van der Waals surface area contributed by atoms with E-state index in [1.54, 1.807) is 45.9 Å². The van der Waals surface area contributed by atoms with Gasteiger partial charge >= 0.3 is 0 Å². The number of hydrogen-bond acceptors (Lipinski definition) is 6. The molecule has 1 saturated carbocycles. The molecule has 4 aromatic rings. The second-order valence-corrected chi connectivity index (χ2v) is 12.1. The van der Waals surface area contributed by atoms with Crippen LogP contribution in [0.15, 0.2) is 78.0 Å². The molecule has 1 aliphatic rings. The zero-order valence-electron chi connectivity index (χ0n) is 20.8. The third-order valence-electron chi connectivity index (χ3n) is 6.85. The first-order chi connectivity index (χ1) is 18.0. The van der Waals surface area contributed by atoms with E-state index >= 15 is 0 Å². The van der Waals surface area contributed by atoms with Gasteiger partial charge in [0.25, 0.3) is 5.91 Å². The molecule has 192 valence electrons. The molecule has 0 saturated heterocycles. The summed E-state index contributed by atoms with van der Waals surface area (Å²) >= 11 is 1.45. The van der Waals surface area contributed by atoms with Gasteiger partial charge in [0.05, 0.1) is 21.7 Å². The number of amides is 1. The summed E-state index contributed by atoms with van der Waals surface area (Å²) in [7, 11) is -3.64. The van der Waals surface area contributed by atoms with E-state index in [9.17, 15) is 13.2 Å². The van der Waals surface area contributed by atoms with Gasteiger partial charge in [0.15, 0.2) is 5.13 Å². The monoisotopic (exact) mass is 534 g/mol. The average molecular weight is 535 g/mol. The zero-order valence-corrected chi connectivity index (χ0v) is 22.4. The number of anilines is 1. The third kappa shape index (κ3) is 5.44. The fourth-order valence-corrected chi connectivity index (χ4v) is 7.58. The molecule has 0 N–H and O–H groups in total. The Morgan fingerprint density at radius 2 is 1.68 bits per heavy atom. The first-order valence-corrected chi connectivity index (χ1v) is 14.9. The number of hydrogen-bond donors (Lipinski definition) is 0. The summed E-state index contributed by atoms with van der Waals surface area (Å²) in [5.41, 5.74) is 2.17. The first kappa shape index (κ1) is 25.5. The summed E-state index contributed by atoms with van der Waals surface area (Å²) in [6.07, 6.45) is 8.47. The van der Waals surface area contributed by atoms with Crippen LogP contribution in [0.1, 0.15) is 54.9 Å². The van der Waals surface area contributed by atoms with Gasteiger partial charge in [0, 0.05) is 30.5 Å². The molecule has 37 heavy (non-hydrogen) atoms. The van der Waals surface area contributed by atoms with Crippen molar-refractivity contribution >= 4 is 42.6 Å². The number of carbonyl (C=O) groups is 1. The van der Waals surface area contributed by atoms with Gasteiger partial charge in [-0.3, -0.25) is 14.7 Å². The van der Waals surface area contributed by atoms with Crippen LogP contribution in [-0.4, -0.2) is 41.2 Å². The van der Waals surface area contributed by atoms with Crippen LogP contribution in [-0.2, 0) is 16.6 Å². The van der Waals surface area contributed by atoms with E-state index in [1.165, 1.54) is 11.3 Å². The van der Waals surface area contributed by atoms with Crippen LogP contribution < -0.4 is 4.90 Å². The fraction of sp³-hybridized carbons (Fsp3) is 0.321. The van der Waals surface area contributed by atoms with Gasteiger partial charge in [0.1, 0.15) is 0 Å². The molecule has 0 aliphatic heterocycles. The Morgan fingerprint density at radius 1 is 0.973 bits per heavy atom. The summed E-state index contributed by atoms with van der Waals surface area (Å²) in [5.74, 6) is -0.237. The minimum atomic E-state index is -3.64. The molecule has 0 radical (unpaired) electrons. The number of thiazole rings is 1. The predicted molar refractivity (Wildman–Crippen MR) is 147 cm³/mol. The Hall–Kier alpha value is -3.14. The second-order valence-electron chi connectivity index (χ2n) is 9.24. The third-order valence-corrected chi connectivity index (χ3v) is 9.95. The number of fused-ring (bicyclic) bond motifs is 1. The molecule has 9 heteroatoms. The minimum Gasteiger partial charge on any atom is -0.279 e. The molecule has 0 spiro atoms. The van der Waals surface area contributed by atoms with E-state index in [2.05, 4.69) is 4.98 Å². The number of sulfonamides is 1. The van der Waals surface area contributed by atoms with Gasteiger partial charge in [-0.15, -0.1) is 0 Å². The molecule has 7 nitrogen and oxygen atoms in total. The second kappa shape index (κ2) is 11.1. The quantitative estimate of drug-likeness (QED) is 0.282. The summed E-state index contributed by atoms with van der Waals surface area (Å²) < 4.78 is 29.5. The van der Waals surface area contributed by atoms with E-state index in [4.69, 9.17) is 4.98 Å². The smallest absolute Gasteiger partial charge is 0.260 e. The molecule has 1 fully saturated rings. The Morgan fingerprint density at radius 3 is 2.35 bits per heavy atom. The minimum absolute atomic E-state index is 0.0416. The molecule has 0 unspecified atom stereocenters. The van der Waals surface area contributed by atoms with Gasteiger partial charge in [-0.1, -0.05) is 49.7 Å². The lowest BCUT2D eigenvalue weighted by atomic mass is 9.95. The summed E-state index contributed by atoms with van der Waals surface area (Å²) in [6, 6.07) is 17.9. The van der Waals surface area contributed by atoms with E-state index in [-0.39, 0.29) is 16.8 Å². The van der Waals surface area contributed by atoms with Crippen molar-refractivity contribution in [2.24, 2.45) is 0 Å². The zero-order chi connectivity index (χ0) is 25.8. The van der Waals surface area contributed by atoms with Crippen molar-refractivity contribution in [2.45, 2.75) is 56.5 Å². The molecule has 5 rings (SSSR count). The van der Waals surface area contributed by atoms with Crippen LogP contribution in [0.4, 0.5) is 5.13 Å². The van der Waals surface area contributed by atoms with Crippen molar-refractivity contribution in [3.63, 3.8) is 0 Å². The number of nitrogens with zero attached hydrogens (tertiary/aromatic N) is 4. The number of carbonyl (C=O) groups excluding carboxylic acids is 1. The summed E-state index contributed by atoms with van der Waals surface area (Å²) in [6.45, 7) is 2.65. The molecular formula is C28H30N4O3S2. The maximum absolute atomic E-state index is 13.7. The van der Waals surface area contributed by atoms with E-state index in [0.29, 0.717) is 23.8 Å². The topological polar surface area (TPSA) is 83.5 Å². The lowest BCUT2D eigenvalue weighted by Crippen LogP contribution is -2.41. The van der Waals surface area contributed by atoms with Crippen LogP contribution in [0.3, 0.4) is 0 Å². The number of aromatic nitrogens is 2. The Balaban J connectivity index is 1.44.